The lowest BCUT2D eigenvalue weighted by molar-refractivity contribution is 0.880. The van der Waals surface area contributed by atoms with E-state index < -0.39 is 0 Å². The molecule has 0 bridgehead atoms. The summed E-state index contributed by atoms with van der Waals surface area (Å²) in [6, 6.07) is 9.33. The van der Waals surface area contributed by atoms with Gasteiger partial charge in [0.2, 0.25) is 5.65 Å². The lowest BCUT2D eigenvalue weighted by Crippen LogP contribution is -1.96. The first kappa shape index (κ1) is 13.7. The summed E-state index contributed by atoms with van der Waals surface area (Å²) in [7, 11) is 0. The Kier molecular flexibility index (Phi) is 3.20. The van der Waals surface area contributed by atoms with Crippen LogP contribution < -0.4 is 5.73 Å². The lowest BCUT2D eigenvalue weighted by Gasteiger charge is -2.02. The summed E-state index contributed by atoms with van der Waals surface area (Å²) in [6.07, 6.45) is 4.40. The van der Waals surface area contributed by atoms with Crippen molar-refractivity contribution in [2.45, 2.75) is 6.42 Å². The fraction of sp³-hybridized carbons (Fsp3) is 0.0667. The van der Waals surface area contributed by atoms with Gasteiger partial charge < -0.3 is 5.73 Å². The van der Waals surface area contributed by atoms with Crippen molar-refractivity contribution in [1.82, 2.24) is 30.2 Å². The Balaban J connectivity index is 1.68. The first-order chi connectivity index (χ1) is 11.2. The topological polar surface area (TPSA) is 98.3 Å². The number of halogens is 1. The largest absolute Gasteiger partial charge is 0.384 e. The van der Waals surface area contributed by atoms with Crippen molar-refractivity contribution in [2.24, 2.45) is 0 Å². The number of nitrogens with one attached hydrogen (secondary N) is 1. The number of benzene rings is 1. The number of nitrogen functional groups attached to an aromatic ring is 1. The molecule has 0 amide bonds. The van der Waals surface area contributed by atoms with E-state index in [1.807, 2.05) is 42.7 Å². The third-order valence-corrected chi connectivity index (χ3v) is 3.73. The first-order valence-corrected chi connectivity index (χ1v) is 7.32. The van der Waals surface area contributed by atoms with E-state index in [9.17, 15) is 0 Å². The molecule has 0 aliphatic rings. The van der Waals surface area contributed by atoms with Gasteiger partial charge in [-0.3, -0.25) is 0 Å². The van der Waals surface area contributed by atoms with E-state index in [1.165, 1.54) is 0 Å². The highest BCUT2D eigenvalue weighted by atomic mass is 35.5. The number of anilines is 1. The van der Waals surface area contributed by atoms with E-state index in [1.54, 1.807) is 4.68 Å². The number of aromatic amines is 1. The van der Waals surface area contributed by atoms with Crippen molar-refractivity contribution in [3.8, 4) is 5.69 Å². The summed E-state index contributed by atoms with van der Waals surface area (Å²) >= 11 is 6.02. The molecule has 0 unspecified atom stereocenters. The predicted molar refractivity (Wildman–Crippen MR) is 87.5 cm³/mol. The standard InChI is InChI=1S/C15H12ClN7/c16-11-2-1-3-12(6-11)23-8-9(7-18-23)4-10-5-13(17)19-15-14(10)20-22-21-15/h1-3,5-8H,4H2,(H3,17,19,20,21,22). The minimum atomic E-state index is 0.420. The molecule has 0 radical (unpaired) electrons. The normalized spacial score (nSPS) is 11.2. The second-order valence-corrected chi connectivity index (χ2v) is 5.59. The van der Waals surface area contributed by atoms with Crippen molar-refractivity contribution in [3.63, 3.8) is 0 Å². The molecule has 8 heteroatoms. The molecule has 0 atom stereocenters. The van der Waals surface area contributed by atoms with Gasteiger partial charge in [0, 0.05) is 17.6 Å². The fourth-order valence-electron chi connectivity index (χ4n) is 2.49. The van der Waals surface area contributed by atoms with Crippen LogP contribution in [0.4, 0.5) is 5.82 Å². The molecule has 0 saturated heterocycles. The summed E-state index contributed by atoms with van der Waals surface area (Å²) in [4.78, 5) is 4.14. The molecule has 23 heavy (non-hydrogen) atoms. The molecule has 3 heterocycles. The minimum Gasteiger partial charge on any atom is -0.384 e. The molecular formula is C15H12ClN7. The molecule has 0 fully saturated rings. The smallest absolute Gasteiger partial charge is 0.203 e. The summed E-state index contributed by atoms with van der Waals surface area (Å²) in [6.45, 7) is 0. The second kappa shape index (κ2) is 5.36. The molecular weight excluding hydrogens is 314 g/mol. The maximum atomic E-state index is 6.02. The van der Waals surface area contributed by atoms with Crippen LogP contribution in [0, 0.1) is 0 Å². The quantitative estimate of drug-likeness (QED) is 0.602. The highest BCUT2D eigenvalue weighted by molar-refractivity contribution is 6.30. The van der Waals surface area contributed by atoms with Gasteiger partial charge in [-0.05, 0) is 35.4 Å². The molecule has 114 valence electrons. The van der Waals surface area contributed by atoms with Crippen LogP contribution in [0.15, 0.2) is 42.7 Å². The third-order valence-electron chi connectivity index (χ3n) is 3.49. The molecule has 0 saturated carbocycles. The zero-order valence-electron chi connectivity index (χ0n) is 11.9. The van der Waals surface area contributed by atoms with Crippen LogP contribution in [0.2, 0.25) is 5.02 Å². The fourth-order valence-corrected chi connectivity index (χ4v) is 2.67. The summed E-state index contributed by atoms with van der Waals surface area (Å²) in [5.41, 5.74) is 9.94. The Morgan fingerprint density at radius 2 is 2.13 bits per heavy atom. The van der Waals surface area contributed by atoms with Gasteiger partial charge in [0.1, 0.15) is 11.3 Å². The molecule has 0 spiro atoms. The third kappa shape index (κ3) is 2.62. The first-order valence-electron chi connectivity index (χ1n) is 6.94. The zero-order chi connectivity index (χ0) is 15.8. The van der Waals surface area contributed by atoms with Gasteiger partial charge in [0.05, 0.1) is 11.9 Å². The number of hydrogen-bond donors (Lipinski definition) is 2. The second-order valence-electron chi connectivity index (χ2n) is 5.15. The van der Waals surface area contributed by atoms with Crippen molar-refractivity contribution in [2.75, 3.05) is 5.73 Å². The van der Waals surface area contributed by atoms with Gasteiger partial charge in [-0.2, -0.15) is 15.4 Å². The number of H-pyrrole nitrogens is 1. The monoisotopic (exact) mass is 325 g/mol. The van der Waals surface area contributed by atoms with Crippen molar-refractivity contribution in [3.05, 3.63) is 58.9 Å². The van der Waals surface area contributed by atoms with Gasteiger partial charge in [-0.25, -0.2) is 9.67 Å². The number of hydrogen-bond acceptors (Lipinski definition) is 5. The van der Waals surface area contributed by atoms with Crippen LogP contribution >= 0.6 is 11.6 Å². The average molecular weight is 326 g/mol. The number of aromatic nitrogens is 6. The van der Waals surface area contributed by atoms with Crippen molar-refractivity contribution >= 4 is 28.6 Å². The lowest BCUT2D eigenvalue weighted by atomic mass is 10.1. The Hall–Kier alpha value is -2.93. The van der Waals surface area contributed by atoms with E-state index in [4.69, 9.17) is 17.3 Å². The number of rotatable bonds is 3. The highest BCUT2D eigenvalue weighted by Gasteiger charge is 2.10. The molecule has 4 aromatic rings. The Morgan fingerprint density at radius 1 is 1.22 bits per heavy atom. The number of nitrogens with two attached hydrogens (primary N) is 1. The van der Waals surface area contributed by atoms with E-state index >= 15 is 0 Å². The summed E-state index contributed by atoms with van der Waals surface area (Å²) in [5, 5.41) is 15.7. The maximum Gasteiger partial charge on any atom is 0.203 e. The molecule has 1 aromatic carbocycles. The Morgan fingerprint density at radius 3 is 3.00 bits per heavy atom. The van der Waals surface area contributed by atoms with Crippen molar-refractivity contribution < 1.29 is 0 Å². The minimum absolute atomic E-state index is 0.420. The molecule has 7 nitrogen and oxygen atoms in total. The highest BCUT2D eigenvalue weighted by Crippen LogP contribution is 2.20. The van der Waals surface area contributed by atoms with Crippen molar-refractivity contribution in [1.29, 1.82) is 0 Å². The molecule has 0 aliphatic heterocycles. The Labute approximate surface area is 136 Å². The van der Waals surface area contributed by atoms with Crippen LogP contribution in [-0.4, -0.2) is 30.2 Å². The molecule has 4 rings (SSSR count). The van der Waals surface area contributed by atoms with Gasteiger partial charge in [0.25, 0.3) is 0 Å². The van der Waals surface area contributed by atoms with Gasteiger partial charge >= 0.3 is 0 Å². The van der Waals surface area contributed by atoms with E-state index in [0.29, 0.717) is 22.9 Å². The van der Waals surface area contributed by atoms with Gasteiger partial charge in [-0.15, -0.1) is 5.10 Å². The number of pyridine rings is 1. The van der Waals surface area contributed by atoms with E-state index in [0.717, 1.165) is 22.3 Å². The molecule has 0 aliphatic carbocycles. The van der Waals surface area contributed by atoms with Gasteiger partial charge in [0.15, 0.2) is 0 Å². The van der Waals surface area contributed by atoms with Crippen LogP contribution in [0.3, 0.4) is 0 Å². The maximum absolute atomic E-state index is 6.02. The van der Waals surface area contributed by atoms with E-state index in [-0.39, 0.29) is 0 Å². The SMILES string of the molecule is Nc1cc(Cc2cnn(-c3cccc(Cl)c3)c2)c2n[nH]nc2n1. The van der Waals surface area contributed by atoms with E-state index in [2.05, 4.69) is 25.5 Å². The summed E-state index contributed by atoms with van der Waals surface area (Å²) in [5.74, 6) is 0.420. The van der Waals surface area contributed by atoms with Crippen LogP contribution in [-0.2, 0) is 6.42 Å². The van der Waals surface area contributed by atoms with Crippen LogP contribution in [0.5, 0.6) is 0 Å². The molecule has 3 aromatic heterocycles. The Bertz CT molecular complexity index is 988. The van der Waals surface area contributed by atoms with Gasteiger partial charge in [-0.1, -0.05) is 17.7 Å². The zero-order valence-corrected chi connectivity index (χ0v) is 12.7. The summed E-state index contributed by atoms with van der Waals surface area (Å²) < 4.78 is 1.78. The number of fused-ring (bicyclic) bond motifs is 1. The van der Waals surface area contributed by atoms with Crippen LogP contribution in [0.1, 0.15) is 11.1 Å². The number of nitrogens with zero attached hydrogens (tertiary/aromatic N) is 5. The molecule has 3 N–H and O–H groups in total. The van der Waals surface area contributed by atoms with Crippen LogP contribution in [0.25, 0.3) is 16.9 Å². The predicted octanol–water partition coefficient (Wildman–Crippen LogP) is 2.36. The average Bonchev–Trinajstić information content (AvgIpc) is 3.16.